The van der Waals surface area contributed by atoms with E-state index in [0.717, 1.165) is 24.1 Å². The molecule has 2 saturated heterocycles. The second-order valence-electron chi connectivity index (χ2n) is 5.79. The van der Waals surface area contributed by atoms with Gasteiger partial charge in [0, 0.05) is 18.8 Å². The third-order valence-electron chi connectivity index (χ3n) is 4.68. The molecule has 0 radical (unpaired) electrons. The van der Waals surface area contributed by atoms with Crippen molar-refractivity contribution in [1.82, 2.24) is 19.4 Å². The molecule has 106 valence electrons. The lowest BCUT2D eigenvalue weighted by Gasteiger charge is -2.33. The van der Waals surface area contributed by atoms with Crippen molar-refractivity contribution < 1.29 is 0 Å². The normalized spacial score (nSPS) is 27.1. The Balaban J connectivity index is 1.80. The van der Waals surface area contributed by atoms with Crippen LogP contribution in [-0.4, -0.2) is 38.6 Å². The van der Waals surface area contributed by atoms with E-state index >= 15 is 0 Å². The third-order valence-corrected chi connectivity index (χ3v) is 4.88. The fraction of sp³-hybridized carbons (Fsp3) is 0.571. The van der Waals surface area contributed by atoms with Gasteiger partial charge in [-0.05, 0) is 31.9 Å². The van der Waals surface area contributed by atoms with Gasteiger partial charge in [0.05, 0.1) is 11.1 Å². The largest absolute Gasteiger partial charge is 0.369 e. The number of hydrogen-bond donors (Lipinski definition) is 1. The Morgan fingerprint density at radius 2 is 2.10 bits per heavy atom. The van der Waals surface area contributed by atoms with Gasteiger partial charge < -0.3 is 5.73 Å². The molecular weight excluding hydrogens is 274 g/mol. The number of pyridine rings is 1. The van der Waals surface area contributed by atoms with Crippen LogP contribution in [0.25, 0.3) is 11.2 Å². The number of hydrogen-bond acceptors (Lipinski definition) is 4. The Hall–Kier alpha value is -1.33. The van der Waals surface area contributed by atoms with Crippen molar-refractivity contribution in [3.63, 3.8) is 0 Å². The first-order valence-corrected chi connectivity index (χ1v) is 7.65. The topological polar surface area (TPSA) is 60.0 Å². The van der Waals surface area contributed by atoms with Crippen molar-refractivity contribution in [3.05, 3.63) is 17.3 Å². The molecule has 5 nitrogen and oxygen atoms in total. The summed E-state index contributed by atoms with van der Waals surface area (Å²) in [5.41, 5.74) is 7.82. The standard InChI is InChI=1S/C14H18ClN5/c15-9-7-10-13(17-8-9)20(14(16)18-10)12-4-6-19-5-2-1-3-11(12)19/h7-8,11-12H,1-6H2,(H2,16,18). The van der Waals surface area contributed by atoms with Gasteiger partial charge in [0.25, 0.3) is 0 Å². The fourth-order valence-corrected chi connectivity index (χ4v) is 3.98. The zero-order chi connectivity index (χ0) is 13.7. The van der Waals surface area contributed by atoms with Crippen LogP contribution in [0.5, 0.6) is 0 Å². The summed E-state index contributed by atoms with van der Waals surface area (Å²) in [5, 5.41) is 0.605. The van der Waals surface area contributed by atoms with Crippen molar-refractivity contribution in [3.8, 4) is 0 Å². The Bertz CT molecular complexity index is 652. The number of anilines is 1. The van der Waals surface area contributed by atoms with Gasteiger partial charge >= 0.3 is 0 Å². The number of nitrogen functional groups attached to an aromatic ring is 1. The molecule has 2 N–H and O–H groups in total. The zero-order valence-corrected chi connectivity index (χ0v) is 12.1. The minimum Gasteiger partial charge on any atom is -0.369 e. The van der Waals surface area contributed by atoms with Crippen LogP contribution in [0, 0.1) is 0 Å². The van der Waals surface area contributed by atoms with E-state index < -0.39 is 0 Å². The molecular formula is C14H18ClN5. The minimum absolute atomic E-state index is 0.397. The number of aromatic nitrogens is 3. The fourth-order valence-electron chi connectivity index (χ4n) is 3.82. The van der Waals surface area contributed by atoms with Crippen LogP contribution >= 0.6 is 11.6 Å². The summed E-state index contributed by atoms with van der Waals surface area (Å²) < 4.78 is 2.13. The molecule has 0 aromatic carbocycles. The van der Waals surface area contributed by atoms with E-state index in [4.69, 9.17) is 17.3 Å². The smallest absolute Gasteiger partial charge is 0.202 e. The SMILES string of the molecule is Nc1nc2cc(Cl)cnc2n1C1CCN2CCCCC12. The molecule has 0 bridgehead atoms. The molecule has 2 aliphatic heterocycles. The van der Waals surface area contributed by atoms with Crippen molar-refractivity contribution in [2.75, 3.05) is 18.8 Å². The Morgan fingerprint density at radius 1 is 1.20 bits per heavy atom. The third kappa shape index (κ3) is 1.80. The van der Waals surface area contributed by atoms with Crippen LogP contribution in [0.1, 0.15) is 31.7 Å². The monoisotopic (exact) mass is 291 g/mol. The number of nitrogens with two attached hydrogens (primary N) is 1. The van der Waals surface area contributed by atoms with Gasteiger partial charge in [0.2, 0.25) is 5.95 Å². The lowest BCUT2D eigenvalue weighted by molar-refractivity contribution is 0.175. The van der Waals surface area contributed by atoms with Crippen LogP contribution < -0.4 is 5.73 Å². The summed E-state index contributed by atoms with van der Waals surface area (Å²) in [6.45, 7) is 2.37. The van der Waals surface area contributed by atoms with Gasteiger partial charge in [0.1, 0.15) is 5.52 Å². The molecule has 2 aromatic heterocycles. The molecule has 0 aliphatic carbocycles. The minimum atomic E-state index is 0.397. The maximum atomic E-state index is 6.16. The maximum Gasteiger partial charge on any atom is 0.202 e. The summed E-state index contributed by atoms with van der Waals surface area (Å²) in [5.74, 6) is 0.562. The molecule has 6 heteroatoms. The Morgan fingerprint density at radius 3 is 3.00 bits per heavy atom. The van der Waals surface area contributed by atoms with Crippen molar-refractivity contribution in [2.45, 2.75) is 37.8 Å². The number of piperidine rings is 1. The van der Waals surface area contributed by atoms with Crippen molar-refractivity contribution >= 4 is 28.7 Å². The molecule has 20 heavy (non-hydrogen) atoms. The molecule has 2 atom stereocenters. The second-order valence-corrected chi connectivity index (χ2v) is 6.23. The average Bonchev–Trinajstić information content (AvgIpc) is 2.98. The number of fused-ring (bicyclic) bond motifs is 2. The summed E-state index contributed by atoms with van der Waals surface area (Å²) in [4.78, 5) is 11.5. The van der Waals surface area contributed by atoms with E-state index in [9.17, 15) is 0 Å². The molecule has 2 aliphatic rings. The molecule has 0 spiro atoms. The van der Waals surface area contributed by atoms with Gasteiger partial charge in [-0.25, -0.2) is 9.97 Å². The highest BCUT2D eigenvalue weighted by Gasteiger charge is 2.38. The molecule has 4 heterocycles. The van der Waals surface area contributed by atoms with Crippen LogP contribution in [0.15, 0.2) is 12.3 Å². The first kappa shape index (κ1) is 12.4. The van der Waals surface area contributed by atoms with Gasteiger partial charge in [-0.15, -0.1) is 0 Å². The Labute approximate surface area is 122 Å². The lowest BCUT2D eigenvalue weighted by Crippen LogP contribution is -2.37. The van der Waals surface area contributed by atoms with Gasteiger partial charge in [-0.2, -0.15) is 0 Å². The van der Waals surface area contributed by atoms with Gasteiger partial charge in [-0.3, -0.25) is 9.47 Å². The van der Waals surface area contributed by atoms with Crippen LogP contribution in [0.4, 0.5) is 5.95 Å². The number of nitrogens with zero attached hydrogens (tertiary/aromatic N) is 4. The van der Waals surface area contributed by atoms with Crippen molar-refractivity contribution in [1.29, 1.82) is 0 Å². The van der Waals surface area contributed by atoms with Crippen LogP contribution in [-0.2, 0) is 0 Å². The summed E-state index contributed by atoms with van der Waals surface area (Å²) in [6.07, 6.45) is 6.68. The van der Waals surface area contributed by atoms with E-state index in [1.165, 1.54) is 25.8 Å². The van der Waals surface area contributed by atoms with Gasteiger partial charge in [-0.1, -0.05) is 18.0 Å². The Kier molecular flexibility index (Phi) is 2.86. The van der Waals surface area contributed by atoms with E-state index in [2.05, 4.69) is 19.4 Å². The van der Waals surface area contributed by atoms with Crippen molar-refractivity contribution in [2.24, 2.45) is 0 Å². The molecule has 2 unspecified atom stereocenters. The molecule has 4 rings (SSSR count). The second kappa shape index (κ2) is 4.60. The molecule has 2 aromatic rings. The van der Waals surface area contributed by atoms with Crippen LogP contribution in [0.2, 0.25) is 5.02 Å². The summed E-state index contributed by atoms with van der Waals surface area (Å²) in [6, 6.07) is 2.82. The highest BCUT2D eigenvalue weighted by atomic mass is 35.5. The van der Waals surface area contributed by atoms with E-state index in [1.807, 2.05) is 6.07 Å². The highest BCUT2D eigenvalue weighted by Crippen LogP contribution is 2.38. The first-order valence-electron chi connectivity index (χ1n) is 7.27. The molecule has 0 saturated carbocycles. The zero-order valence-electron chi connectivity index (χ0n) is 11.3. The maximum absolute atomic E-state index is 6.16. The number of rotatable bonds is 1. The molecule has 2 fully saturated rings. The average molecular weight is 292 g/mol. The van der Waals surface area contributed by atoms with Crippen LogP contribution in [0.3, 0.4) is 0 Å². The summed E-state index contributed by atoms with van der Waals surface area (Å²) >= 11 is 5.99. The predicted molar refractivity (Wildman–Crippen MR) is 79.8 cm³/mol. The van der Waals surface area contributed by atoms with E-state index in [0.29, 0.717) is 23.1 Å². The molecule has 0 amide bonds. The lowest BCUT2D eigenvalue weighted by atomic mass is 9.99. The number of imidazole rings is 1. The number of halogens is 1. The quantitative estimate of drug-likeness (QED) is 0.877. The summed E-state index contributed by atoms with van der Waals surface area (Å²) in [7, 11) is 0. The highest BCUT2D eigenvalue weighted by molar-refractivity contribution is 6.31. The van der Waals surface area contributed by atoms with E-state index in [1.54, 1.807) is 6.20 Å². The van der Waals surface area contributed by atoms with Gasteiger partial charge in [0.15, 0.2) is 5.65 Å². The first-order chi connectivity index (χ1) is 9.74. The van der Waals surface area contributed by atoms with E-state index in [-0.39, 0.29) is 0 Å². The predicted octanol–water partition coefficient (Wildman–Crippen LogP) is 2.47.